The van der Waals surface area contributed by atoms with Gasteiger partial charge in [0.2, 0.25) is 11.8 Å². The van der Waals surface area contributed by atoms with Crippen LogP contribution in [0.15, 0.2) is 24.3 Å². The fraction of sp³-hybridized carbons (Fsp3) is 0.591. The van der Waals surface area contributed by atoms with Crippen LogP contribution < -0.4 is 10.2 Å². The number of nitrogens with one attached hydrogen (secondary N) is 1. The number of carbonyl (C=O) groups excluding carboxylic acids is 3. The average Bonchev–Trinajstić information content (AvgIpc) is 2.68. The van der Waals surface area contributed by atoms with Crippen LogP contribution in [0.25, 0.3) is 0 Å². The van der Waals surface area contributed by atoms with Gasteiger partial charge in [0.25, 0.3) is 0 Å². The lowest BCUT2D eigenvalue weighted by molar-refractivity contribution is -0.154. The van der Waals surface area contributed by atoms with Gasteiger partial charge in [0.15, 0.2) is 5.41 Å². The number of piperazine rings is 1. The van der Waals surface area contributed by atoms with Gasteiger partial charge >= 0.3 is 6.03 Å². The molecule has 2 saturated heterocycles. The van der Waals surface area contributed by atoms with E-state index in [-0.39, 0.29) is 11.9 Å². The second-order valence-electron chi connectivity index (χ2n) is 9.00. The Morgan fingerprint density at radius 2 is 1.93 bits per heavy atom. The highest BCUT2D eigenvalue weighted by molar-refractivity contribution is 6.20. The van der Waals surface area contributed by atoms with Gasteiger partial charge in [-0.2, -0.15) is 0 Å². The molecule has 0 aromatic heterocycles. The highest BCUT2D eigenvalue weighted by Crippen LogP contribution is 2.45. The molecule has 3 aliphatic heterocycles. The number of benzene rings is 1. The molecule has 1 aromatic rings. The van der Waals surface area contributed by atoms with Crippen molar-refractivity contribution in [1.82, 2.24) is 15.1 Å². The molecule has 1 spiro atoms. The summed E-state index contributed by atoms with van der Waals surface area (Å²) in [6.07, 6.45) is 2.00. The summed E-state index contributed by atoms with van der Waals surface area (Å²) in [6.45, 7) is 6.83. The number of anilines is 1. The first-order valence-electron chi connectivity index (χ1n) is 10.5. The number of likely N-dealkylation sites (N-methyl/N-ethyl adjacent to an activating group) is 1. The number of amides is 4. The minimum absolute atomic E-state index is 0.288. The van der Waals surface area contributed by atoms with Crippen molar-refractivity contribution >= 4 is 23.5 Å². The van der Waals surface area contributed by atoms with Gasteiger partial charge in [-0.15, -0.1) is 0 Å². The molecule has 2 atom stereocenters. The van der Waals surface area contributed by atoms with E-state index in [1.807, 2.05) is 25.2 Å². The van der Waals surface area contributed by atoms with Crippen LogP contribution in [0.2, 0.25) is 0 Å². The lowest BCUT2D eigenvalue weighted by Crippen LogP contribution is -2.75. The van der Waals surface area contributed by atoms with Crippen LogP contribution in [0.5, 0.6) is 0 Å². The van der Waals surface area contributed by atoms with Gasteiger partial charge in [0.1, 0.15) is 0 Å². The van der Waals surface area contributed by atoms with E-state index >= 15 is 0 Å². The Morgan fingerprint density at radius 3 is 2.69 bits per heavy atom. The number of rotatable bonds is 4. The third-order valence-electron chi connectivity index (χ3n) is 6.58. The molecule has 3 aliphatic rings. The Hall–Kier alpha value is -2.41. The maximum atomic E-state index is 13.8. The lowest BCUT2D eigenvalue weighted by atomic mass is 9.67. The van der Waals surface area contributed by atoms with Crippen molar-refractivity contribution in [2.24, 2.45) is 11.3 Å². The van der Waals surface area contributed by atoms with Crippen LogP contribution in [0.4, 0.5) is 10.5 Å². The van der Waals surface area contributed by atoms with Gasteiger partial charge in [0, 0.05) is 31.9 Å². The van der Waals surface area contributed by atoms with Crippen LogP contribution in [-0.2, 0) is 16.0 Å². The molecular weight excluding hydrogens is 368 g/mol. The van der Waals surface area contributed by atoms with E-state index in [0.717, 1.165) is 37.2 Å². The molecule has 7 nitrogen and oxygen atoms in total. The summed E-state index contributed by atoms with van der Waals surface area (Å²) in [7, 11) is 2.02. The number of imide groups is 2. The molecule has 1 N–H and O–H groups in total. The summed E-state index contributed by atoms with van der Waals surface area (Å²) in [5.41, 5.74) is 0.822. The van der Waals surface area contributed by atoms with Crippen LogP contribution in [0.1, 0.15) is 32.3 Å². The van der Waals surface area contributed by atoms with Gasteiger partial charge < -0.3 is 9.80 Å². The number of carbonyl (C=O) groups is 3. The predicted molar refractivity (Wildman–Crippen MR) is 111 cm³/mol. The van der Waals surface area contributed by atoms with Crippen molar-refractivity contribution in [2.45, 2.75) is 39.2 Å². The van der Waals surface area contributed by atoms with Gasteiger partial charge in [-0.05, 0) is 43.9 Å². The third-order valence-corrected chi connectivity index (χ3v) is 6.58. The molecule has 2 fully saturated rings. The molecule has 156 valence electrons. The highest BCUT2D eigenvalue weighted by atomic mass is 16.2. The zero-order valence-corrected chi connectivity index (χ0v) is 17.5. The molecule has 3 heterocycles. The van der Waals surface area contributed by atoms with Gasteiger partial charge in [-0.1, -0.05) is 32.0 Å². The summed E-state index contributed by atoms with van der Waals surface area (Å²) in [5.74, 6) is -0.292. The first-order chi connectivity index (χ1) is 13.8. The molecule has 0 aliphatic carbocycles. The molecule has 4 rings (SSSR count). The normalized spacial score (nSPS) is 27.3. The monoisotopic (exact) mass is 398 g/mol. The van der Waals surface area contributed by atoms with Crippen molar-refractivity contribution < 1.29 is 14.4 Å². The maximum absolute atomic E-state index is 13.8. The number of barbiturate groups is 1. The summed E-state index contributed by atoms with van der Waals surface area (Å²) in [6, 6.07) is 7.13. The van der Waals surface area contributed by atoms with E-state index in [2.05, 4.69) is 35.0 Å². The molecule has 0 radical (unpaired) electrons. The summed E-state index contributed by atoms with van der Waals surface area (Å²) in [4.78, 5) is 45.2. The van der Waals surface area contributed by atoms with Crippen LogP contribution >= 0.6 is 0 Å². The Labute approximate surface area is 172 Å². The van der Waals surface area contributed by atoms with E-state index in [1.165, 1.54) is 4.90 Å². The fourth-order valence-electron chi connectivity index (χ4n) is 5.01. The zero-order valence-electron chi connectivity index (χ0n) is 17.5. The Morgan fingerprint density at radius 1 is 1.17 bits per heavy atom. The first-order valence-corrected chi connectivity index (χ1v) is 10.5. The molecular formula is C22H30N4O3. The lowest BCUT2D eigenvalue weighted by Gasteiger charge is -2.55. The second-order valence-corrected chi connectivity index (χ2v) is 9.00. The van der Waals surface area contributed by atoms with Crippen molar-refractivity contribution in [1.29, 1.82) is 0 Å². The number of hydrogen-bond acceptors (Lipinski definition) is 5. The Balaban J connectivity index is 1.74. The Kier molecular flexibility index (Phi) is 5.11. The Bertz CT molecular complexity index is 839. The topological polar surface area (TPSA) is 73.0 Å². The minimum Gasteiger partial charge on any atom is -0.364 e. The molecule has 29 heavy (non-hydrogen) atoms. The van der Waals surface area contributed by atoms with Crippen LogP contribution in [-0.4, -0.2) is 66.9 Å². The van der Waals surface area contributed by atoms with Crippen molar-refractivity contribution in [3.63, 3.8) is 0 Å². The molecule has 7 heteroatoms. The van der Waals surface area contributed by atoms with Crippen LogP contribution in [0, 0.1) is 11.3 Å². The number of hydrogen-bond donors (Lipinski definition) is 1. The smallest absolute Gasteiger partial charge is 0.330 e. The number of fused-ring (bicyclic) bond motifs is 4. The van der Waals surface area contributed by atoms with Crippen molar-refractivity contribution in [3.05, 3.63) is 29.8 Å². The standard InChI is InChI=1S/C22H30N4O3/c1-15(2)7-6-10-26-20(28)22(19(27)23-21(26)29)13-16-8-4-5-9-17(16)25-12-11-24(3)14-18(22)25/h4-5,8-9,15,18H,6-7,10-14H2,1-3H3,(H,23,27,29)/t18-,22+/m1/s1. The predicted octanol–water partition coefficient (Wildman–Crippen LogP) is 1.86. The summed E-state index contributed by atoms with van der Waals surface area (Å²) in [5, 5.41) is 2.52. The number of urea groups is 1. The minimum atomic E-state index is -1.27. The fourth-order valence-corrected chi connectivity index (χ4v) is 5.01. The number of nitrogens with zero attached hydrogens (tertiary/aromatic N) is 3. The zero-order chi connectivity index (χ0) is 20.8. The average molecular weight is 399 g/mol. The number of para-hydroxylation sites is 1. The van der Waals surface area contributed by atoms with Gasteiger partial charge in [-0.3, -0.25) is 19.8 Å². The molecule has 0 unspecified atom stereocenters. The van der Waals surface area contributed by atoms with Gasteiger partial charge in [0.05, 0.1) is 6.04 Å². The highest BCUT2D eigenvalue weighted by Gasteiger charge is 2.62. The largest absolute Gasteiger partial charge is 0.364 e. The first kappa shape index (κ1) is 19.9. The van der Waals surface area contributed by atoms with E-state index in [9.17, 15) is 14.4 Å². The maximum Gasteiger partial charge on any atom is 0.330 e. The van der Waals surface area contributed by atoms with Crippen molar-refractivity contribution in [2.75, 3.05) is 38.1 Å². The van der Waals surface area contributed by atoms with E-state index in [1.54, 1.807) is 0 Å². The van der Waals surface area contributed by atoms with E-state index < -0.39 is 17.4 Å². The second kappa shape index (κ2) is 7.44. The molecule has 4 amide bonds. The summed E-state index contributed by atoms with van der Waals surface area (Å²) < 4.78 is 0. The molecule has 1 aromatic carbocycles. The van der Waals surface area contributed by atoms with E-state index in [0.29, 0.717) is 25.4 Å². The van der Waals surface area contributed by atoms with Crippen molar-refractivity contribution in [3.8, 4) is 0 Å². The quantitative estimate of drug-likeness (QED) is 0.784. The molecule has 0 bridgehead atoms. The van der Waals surface area contributed by atoms with Gasteiger partial charge in [-0.25, -0.2) is 4.79 Å². The van der Waals surface area contributed by atoms with Crippen LogP contribution in [0.3, 0.4) is 0 Å². The molecule has 0 saturated carbocycles. The summed E-state index contributed by atoms with van der Waals surface area (Å²) >= 11 is 0. The third kappa shape index (κ3) is 3.21. The van der Waals surface area contributed by atoms with E-state index in [4.69, 9.17) is 0 Å². The SMILES string of the molecule is CC(C)CCCN1C(=O)NC(=O)[C@@]2(Cc3ccccc3N3CCN(C)C[C@@H]32)C1=O.